The molecule has 1 N–H and O–H groups in total. The molecule has 2 saturated carbocycles. The van der Waals surface area contributed by atoms with Crippen LogP contribution in [0, 0.1) is 17.8 Å². The maximum absolute atomic E-state index is 9.26. The fourth-order valence-corrected chi connectivity index (χ4v) is 3.88. The molecule has 3 aliphatic rings. The number of nitrogens with zero attached hydrogens (tertiary/aromatic N) is 1. The van der Waals surface area contributed by atoms with Crippen LogP contribution in [0.25, 0.3) is 0 Å². The minimum atomic E-state index is 0.400. The zero-order valence-electron chi connectivity index (χ0n) is 9.57. The maximum atomic E-state index is 9.26. The van der Waals surface area contributed by atoms with E-state index in [9.17, 15) is 5.11 Å². The maximum Gasteiger partial charge on any atom is 0.0471 e. The molecule has 0 amide bonds. The van der Waals surface area contributed by atoms with Gasteiger partial charge in [0.15, 0.2) is 0 Å². The van der Waals surface area contributed by atoms with E-state index in [2.05, 4.69) is 4.90 Å². The van der Waals surface area contributed by atoms with Crippen molar-refractivity contribution in [3.05, 3.63) is 0 Å². The van der Waals surface area contributed by atoms with Crippen molar-refractivity contribution >= 4 is 0 Å². The highest BCUT2D eigenvalue weighted by Crippen LogP contribution is 2.51. The third-order valence-electron chi connectivity index (χ3n) is 4.82. The van der Waals surface area contributed by atoms with E-state index in [1.807, 2.05) is 0 Å². The normalized spacial score (nSPS) is 46.2. The first-order valence-electron chi connectivity index (χ1n) is 6.73. The van der Waals surface area contributed by atoms with Crippen molar-refractivity contribution in [3.8, 4) is 0 Å². The van der Waals surface area contributed by atoms with Crippen molar-refractivity contribution in [2.45, 2.75) is 44.6 Å². The fourth-order valence-electron chi connectivity index (χ4n) is 3.88. The molecule has 0 radical (unpaired) electrons. The van der Waals surface area contributed by atoms with E-state index < -0.39 is 0 Å². The SMILES string of the molecule is OCC1CCCN(C2CCCC3CC32)C1. The van der Waals surface area contributed by atoms with Crippen molar-refractivity contribution in [3.63, 3.8) is 0 Å². The van der Waals surface area contributed by atoms with Crippen molar-refractivity contribution in [2.24, 2.45) is 17.8 Å². The lowest BCUT2D eigenvalue weighted by Gasteiger charge is -2.39. The molecule has 4 atom stereocenters. The standard InChI is InChI=1S/C13H23NO/c15-9-10-3-2-6-14(8-10)13-5-1-4-11-7-12(11)13/h10-13,15H,1-9H2. The summed E-state index contributed by atoms with van der Waals surface area (Å²) in [5.41, 5.74) is 0. The van der Waals surface area contributed by atoms with Crippen LogP contribution in [0.5, 0.6) is 0 Å². The third-order valence-corrected chi connectivity index (χ3v) is 4.82. The molecule has 0 bridgehead atoms. The number of likely N-dealkylation sites (tertiary alicyclic amines) is 1. The van der Waals surface area contributed by atoms with Gasteiger partial charge in [-0.2, -0.15) is 0 Å². The lowest BCUT2D eigenvalue weighted by atomic mass is 9.90. The number of hydrogen-bond acceptors (Lipinski definition) is 2. The van der Waals surface area contributed by atoms with Crippen molar-refractivity contribution < 1.29 is 5.11 Å². The highest BCUT2D eigenvalue weighted by Gasteiger charge is 2.47. The monoisotopic (exact) mass is 209 g/mol. The molecular weight excluding hydrogens is 186 g/mol. The van der Waals surface area contributed by atoms with Gasteiger partial charge in [0, 0.05) is 19.2 Å². The predicted molar refractivity (Wildman–Crippen MR) is 60.6 cm³/mol. The first kappa shape index (κ1) is 10.1. The summed E-state index contributed by atoms with van der Waals surface area (Å²) in [5, 5.41) is 9.26. The van der Waals surface area contributed by atoms with Crippen molar-refractivity contribution in [1.29, 1.82) is 0 Å². The molecule has 3 fully saturated rings. The Morgan fingerprint density at radius 3 is 2.93 bits per heavy atom. The fraction of sp³-hybridized carbons (Fsp3) is 1.00. The van der Waals surface area contributed by atoms with Crippen molar-refractivity contribution in [2.75, 3.05) is 19.7 Å². The Bertz CT molecular complexity index is 231. The smallest absolute Gasteiger partial charge is 0.0471 e. The summed E-state index contributed by atoms with van der Waals surface area (Å²) < 4.78 is 0. The van der Waals surface area contributed by atoms with Gasteiger partial charge >= 0.3 is 0 Å². The Hall–Kier alpha value is -0.0800. The number of piperidine rings is 1. The highest BCUT2D eigenvalue weighted by molar-refractivity contribution is 5.00. The van der Waals surface area contributed by atoms with Gasteiger partial charge in [-0.1, -0.05) is 12.8 Å². The van der Waals surface area contributed by atoms with E-state index >= 15 is 0 Å². The Balaban J connectivity index is 1.61. The van der Waals surface area contributed by atoms with Crippen LogP contribution in [-0.2, 0) is 0 Å². The van der Waals surface area contributed by atoms with E-state index in [0.717, 1.165) is 17.9 Å². The van der Waals surface area contributed by atoms with Crippen LogP contribution in [0.15, 0.2) is 0 Å². The number of fused-ring (bicyclic) bond motifs is 1. The largest absolute Gasteiger partial charge is 0.396 e. The van der Waals surface area contributed by atoms with Gasteiger partial charge in [0.05, 0.1) is 0 Å². The van der Waals surface area contributed by atoms with E-state index in [1.54, 1.807) is 0 Å². The highest BCUT2D eigenvalue weighted by atomic mass is 16.3. The zero-order valence-corrected chi connectivity index (χ0v) is 9.57. The topological polar surface area (TPSA) is 23.5 Å². The van der Waals surface area contributed by atoms with Crippen LogP contribution in [0.4, 0.5) is 0 Å². The van der Waals surface area contributed by atoms with Crippen LogP contribution < -0.4 is 0 Å². The average Bonchev–Trinajstić information content (AvgIpc) is 3.07. The third kappa shape index (κ3) is 1.94. The second-order valence-corrected chi connectivity index (χ2v) is 5.84. The Labute approximate surface area is 92.7 Å². The van der Waals surface area contributed by atoms with E-state index in [-0.39, 0.29) is 0 Å². The molecule has 0 aromatic carbocycles. The Morgan fingerprint density at radius 2 is 2.07 bits per heavy atom. The molecular formula is C13H23NO. The summed E-state index contributed by atoms with van der Waals surface area (Å²) >= 11 is 0. The molecule has 15 heavy (non-hydrogen) atoms. The molecule has 2 aliphatic carbocycles. The quantitative estimate of drug-likeness (QED) is 0.750. The Kier molecular flexibility index (Phi) is 2.73. The molecule has 1 saturated heterocycles. The number of aliphatic hydroxyl groups is 1. The summed E-state index contributed by atoms with van der Waals surface area (Å²) in [5.74, 6) is 2.69. The number of hydrogen-bond donors (Lipinski definition) is 1. The van der Waals surface area contributed by atoms with Gasteiger partial charge < -0.3 is 5.11 Å². The van der Waals surface area contributed by atoms with Crippen molar-refractivity contribution in [1.82, 2.24) is 4.90 Å². The molecule has 1 heterocycles. The van der Waals surface area contributed by atoms with Gasteiger partial charge in [-0.25, -0.2) is 0 Å². The summed E-state index contributed by atoms with van der Waals surface area (Å²) in [6.07, 6.45) is 8.43. The summed E-state index contributed by atoms with van der Waals surface area (Å²) in [4.78, 5) is 2.70. The molecule has 4 unspecified atom stereocenters. The predicted octanol–water partition coefficient (Wildman–Crippen LogP) is 1.88. The van der Waals surface area contributed by atoms with Crippen LogP contribution in [0.2, 0.25) is 0 Å². The molecule has 0 spiro atoms. The summed E-state index contributed by atoms with van der Waals surface area (Å²) in [6.45, 7) is 2.87. The van der Waals surface area contributed by atoms with Crippen LogP contribution >= 0.6 is 0 Å². The van der Waals surface area contributed by atoms with Gasteiger partial charge in [0.1, 0.15) is 0 Å². The summed E-state index contributed by atoms with van der Waals surface area (Å²) in [7, 11) is 0. The summed E-state index contributed by atoms with van der Waals surface area (Å²) in [6, 6.07) is 0.887. The molecule has 3 rings (SSSR count). The van der Waals surface area contributed by atoms with E-state index in [4.69, 9.17) is 0 Å². The second kappa shape index (κ2) is 4.06. The van der Waals surface area contributed by atoms with E-state index in [1.165, 1.54) is 51.6 Å². The average molecular weight is 209 g/mol. The lowest BCUT2D eigenvalue weighted by molar-refractivity contribution is 0.0660. The van der Waals surface area contributed by atoms with Gasteiger partial charge in [-0.05, 0) is 50.0 Å². The minimum absolute atomic E-state index is 0.400. The minimum Gasteiger partial charge on any atom is -0.396 e. The molecule has 86 valence electrons. The van der Waals surface area contributed by atoms with E-state index in [0.29, 0.717) is 12.5 Å². The lowest BCUT2D eigenvalue weighted by Crippen LogP contribution is -2.45. The molecule has 2 nitrogen and oxygen atoms in total. The number of rotatable bonds is 2. The first-order valence-corrected chi connectivity index (χ1v) is 6.73. The van der Waals surface area contributed by atoms with Gasteiger partial charge in [0.2, 0.25) is 0 Å². The van der Waals surface area contributed by atoms with Crippen LogP contribution in [-0.4, -0.2) is 35.7 Å². The molecule has 0 aromatic rings. The van der Waals surface area contributed by atoms with Gasteiger partial charge in [-0.15, -0.1) is 0 Å². The molecule has 0 aromatic heterocycles. The van der Waals surface area contributed by atoms with Crippen LogP contribution in [0.3, 0.4) is 0 Å². The number of aliphatic hydroxyl groups excluding tert-OH is 1. The molecule has 1 aliphatic heterocycles. The first-order chi connectivity index (χ1) is 7.38. The zero-order chi connectivity index (χ0) is 10.3. The van der Waals surface area contributed by atoms with Crippen LogP contribution in [0.1, 0.15) is 38.5 Å². The Morgan fingerprint density at radius 1 is 1.13 bits per heavy atom. The van der Waals surface area contributed by atoms with Gasteiger partial charge in [-0.3, -0.25) is 4.90 Å². The van der Waals surface area contributed by atoms with Gasteiger partial charge in [0.25, 0.3) is 0 Å². The second-order valence-electron chi connectivity index (χ2n) is 5.84. The molecule has 2 heteroatoms.